The van der Waals surface area contributed by atoms with Crippen molar-refractivity contribution in [2.45, 2.75) is 63.7 Å². The van der Waals surface area contributed by atoms with Gasteiger partial charge in [0.25, 0.3) is 5.91 Å². The molecule has 206 valence electrons. The van der Waals surface area contributed by atoms with Crippen molar-refractivity contribution in [1.82, 2.24) is 19.6 Å². The maximum atomic E-state index is 13.5. The highest BCUT2D eigenvalue weighted by Crippen LogP contribution is 2.35. The van der Waals surface area contributed by atoms with Crippen LogP contribution in [0.4, 0.5) is 13.2 Å². The van der Waals surface area contributed by atoms with Crippen molar-refractivity contribution in [3.63, 3.8) is 0 Å². The maximum absolute atomic E-state index is 13.5. The number of hydrogen-bond acceptors (Lipinski definition) is 3. The van der Waals surface area contributed by atoms with Gasteiger partial charge in [0.15, 0.2) is 5.69 Å². The zero-order valence-electron chi connectivity index (χ0n) is 22.2. The van der Waals surface area contributed by atoms with Gasteiger partial charge in [0, 0.05) is 31.4 Å². The van der Waals surface area contributed by atoms with Crippen molar-refractivity contribution in [2.75, 3.05) is 20.1 Å². The van der Waals surface area contributed by atoms with Crippen LogP contribution in [0.3, 0.4) is 0 Å². The van der Waals surface area contributed by atoms with Crippen LogP contribution in [0.15, 0.2) is 54.6 Å². The van der Waals surface area contributed by atoms with Gasteiger partial charge < -0.3 is 9.80 Å². The van der Waals surface area contributed by atoms with Crippen LogP contribution in [-0.2, 0) is 23.9 Å². The van der Waals surface area contributed by atoms with Gasteiger partial charge in [0.1, 0.15) is 6.54 Å². The molecule has 1 unspecified atom stereocenters. The number of carbonyl (C=O) groups is 2. The number of amides is 2. The number of halogens is 3. The second-order valence-electron chi connectivity index (χ2n) is 10.6. The Balaban J connectivity index is 1.21. The predicted octanol–water partition coefficient (Wildman–Crippen LogP) is 5.77. The van der Waals surface area contributed by atoms with Crippen molar-refractivity contribution < 1.29 is 22.8 Å². The predicted molar refractivity (Wildman–Crippen MR) is 141 cm³/mol. The third-order valence-corrected chi connectivity index (χ3v) is 8.13. The summed E-state index contributed by atoms with van der Waals surface area (Å²) in [4.78, 5) is 29.9. The fourth-order valence-corrected chi connectivity index (χ4v) is 5.90. The monoisotopic (exact) mass is 538 g/mol. The number of nitrogens with zero attached hydrogens (tertiary/aromatic N) is 4. The third kappa shape index (κ3) is 5.72. The molecule has 9 heteroatoms. The van der Waals surface area contributed by atoms with E-state index in [1.54, 1.807) is 4.90 Å². The molecule has 39 heavy (non-hydrogen) atoms. The van der Waals surface area contributed by atoms with Crippen molar-refractivity contribution in [3.05, 3.63) is 88.2 Å². The first-order chi connectivity index (χ1) is 18.6. The Hall–Kier alpha value is -3.62. The van der Waals surface area contributed by atoms with Crippen LogP contribution in [0.2, 0.25) is 0 Å². The van der Waals surface area contributed by atoms with Crippen molar-refractivity contribution in [1.29, 1.82) is 0 Å². The lowest BCUT2D eigenvalue weighted by Gasteiger charge is -2.34. The number of aryl methyl sites for hydroxylation is 2. The van der Waals surface area contributed by atoms with E-state index >= 15 is 0 Å². The summed E-state index contributed by atoms with van der Waals surface area (Å²) < 4.78 is 40.0. The Labute approximate surface area is 226 Å². The largest absolute Gasteiger partial charge is 0.435 e. The number of piperidine rings is 1. The lowest BCUT2D eigenvalue weighted by molar-refractivity contribution is -0.142. The van der Waals surface area contributed by atoms with Crippen LogP contribution in [0.25, 0.3) is 0 Å². The molecule has 0 N–H and O–H groups in total. The van der Waals surface area contributed by atoms with Crippen LogP contribution >= 0.6 is 0 Å². The van der Waals surface area contributed by atoms with E-state index in [0.717, 1.165) is 48.4 Å². The Morgan fingerprint density at radius 2 is 1.77 bits per heavy atom. The first kappa shape index (κ1) is 27.0. The molecule has 1 saturated heterocycles. The van der Waals surface area contributed by atoms with Gasteiger partial charge in [0.2, 0.25) is 5.91 Å². The molecular weight excluding hydrogens is 505 g/mol. The summed E-state index contributed by atoms with van der Waals surface area (Å²) in [6, 6.07) is 17.1. The van der Waals surface area contributed by atoms with E-state index in [1.807, 2.05) is 48.3 Å². The summed E-state index contributed by atoms with van der Waals surface area (Å²) in [5.41, 5.74) is 3.59. The number of carbonyl (C=O) groups excluding carboxylic acids is 2. The molecule has 0 radical (unpaired) electrons. The highest BCUT2D eigenvalue weighted by atomic mass is 19.4. The van der Waals surface area contributed by atoms with E-state index in [9.17, 15) is 22.8 Å². The fraction of sp³-hybridized carbons (Fsp3) is 0.433. The SMILES string of the molecule is Cc1cc(C(F)(F)F)nn1CC(=O)N1CCC(c2cccc(C(=O)N(C)C3CCCc4ccccc43)c2)CC1. The number of benzene rings is 2. The lowest BCUT2D eigenvalue weighted by atomic mass is 9.86. The van der Waals surface area contributed by atoms with Crippen LogP contribution in [-0.4, -0.2) is 51.5 Å². The molecular formula is C30H33F3N4O2. The Bertz CT molecular complexity index is 1360. The minimum Gasteiger partial charge on any atom is -0.341 e. The minimum absolute atomic E-state index is 0.000939. The first-order valence-corrected chi connectivity index (χ1v) is 13.5. The van der Waals surface area contributed by atoms with Gasteiger partial charge >= 0.3 is 6.18 Å². The van der Waals surface area contributed by atoms with Crippen LogP contribution < -0.4 is 0 Å². The number of alkyl halides is 3. The van der Waals surface area contributed by atoms with Gasteiger partial charge in [-0.2, -0.15) is 18.3 Å². The van der Waals surface area contributed by atoms with E-state index in [2.05, 4.69) is 17.2 Å². The number of rotatable bonds is 5. The van der Waals surface area contributed by atoms with E-state index in [4.69, 9.17) is 0 Å². The molecule has 0 saturated carbocycles. The van der Waals surface area contributed by atoms with Crippen molar-refractivity contribution in [3.8, 4) is 0 Å². The second-order valence-corrected chi connectivity index (χ2v) is 10.6. The average molecular weight is 539 g/mol. The summed E-state index contributed by atoms with van der Waals surface area (Å²) in [5, 5.41) is 3.57. The summed E-state index contributed by atoms with van der Waals surface area (Å²) in [6.45, 7) is 2.31. The summed E-state index contributed by atoms with van der Waals surface area (Å²) in [7, 11) is 1.88. The highest BCUT2D eigenvalue weighted by Gasteiger charge is 2.35. The number of hydrogen-bond donors (Lipinski definition) is 0. The number of likely N-dealkylation sites (tertiary alicyclic amines) is 1. The van der Waals surface area contributed by atoms with Gasteiger partial charge in [-0.25, -0.2) is 0 Å². The maximum Gasteiger partial charge on any atom is 0.435 e. The zero-order chi connectivity index (χ0) is 27.7. The van der Waals surface area contributed by atoms with E-state index in [-0.39, 0.29) is 30.3 Å². The second kappa shape index (κ2) is 10.9. The minimum atomic E-state index is -4.54. The van der Waals surface area contributed by atoms with E-state index in [1.165, 1.54) is 18.1 Å². The number of aromatic nitrogens is 2. The Morgan fingerprint density at radius 1 is 1.03 bits per heavy atom. The van der Waals surface area contributed by atoms with Crippen LogP contribution in [0.5, 0.6) is 0 Å². The molecule has 1 aliphatic carbocycles. The van der Waals surface area contributed by atoms with Crippen molar-refractivity contribution in [2.24, 2.45) is 0 Å². The number of fused-ring (bicyclic) bond motifs is 1. The quantitative estimate of drug-likeness (QED) is 0.415. The molecule has 1 aliphatic heterocycles. The normalized spacial score (nSPS) is 18.1. The fourth-order valence-electron chi connectivity index (χ4n) is 5.90. The molecule has 2 aliphatic rings. The molecule has 1 fully saturated rings. The average Bonchev–Trinajstić information content (AvgIpc) is 3.32. The smallest absolute Gasteiger partial charge is 0.341 e. The molecule has 2 heterocycles. The summed E-state index contributed by atoms with van der Waals surface area (Å²) in [5.74, 6) is -0.0449. The molecule has 1 aromatic heterocycles. The molecule has 2 amide bonds. The molecule has 1 atom stereocenters. The Morgan fingerprint density at radius 3 is 2.49 bits per heavy atom. The first-order valence-electron chi connectivity index (χ1n) is 13.5. The van der Waals surface area contributed by atoms with Crippen LogP contribution in [0, 0.1) is 6.92 Å². The van der Waals surface area contributed by atoms with Gasteiger partial charge in [0.05, 0.1) is 6.04 Å². The summed E-state index contributed by atoms with van der Waals surface area (Å²) in [6.07, 6.45) is -0.0477. The molecule has 6 nitrogen and oxygen atoms in total. The van der Waals surface area contributed by atoms with Crippen molar-refractivity contribution >= 4 is 11.8 Å². The Kier molecular flexibility index (Phi) is 7.51. The van der Waals surface area contributed by atoms with Gasteiger partial charge in [-0.1, -0.05) is 36.4 Å². The summed E-state index contributed by atoms with van der Waals surface area (Å²) >= 11 is 0. The zero-order valence-corrected chi connectivity index (χ0v) is 22.2. The molecule has 0 spiro atoms. The molecule has 0 bridgehead atoms. The highest BCUT2D eigenvalue weighted by molar-refractivity contribution is 5.94. The van der Waals surface area contributed by atoms with Gasteiger partial charge in [-0.05, 0) is 79.8 Å². The van der Waals surface area contributed by atoms with E-state index in [0.29, 0.717) is 24.3 Å². The molecule has 5 rings (SSSR count). The van der Waals surface area contributed by atoms with Gasteiger partial charge in [-0.15, -0.1) is 0 Å². The lowest BCUT2D eigenvalue weighted by Crippen LogP contribution is -2.40. The molecule has 3 aromatic rings. The van der Waals surface area contributed by atoms with Gasteiger partial charge in [-0.3, -0.25) is 14.3 Å². The standard InChI is InChI=1S/C30H33F3N4O2/c1-20-17-27(30(31,32)33)34-37(20)19-28(38)36-15-13-21(14-16-36)23-9-5-10-24(18-23)29(39)35(2)26-12-6-8-22-7-3-4-11-25(22)26/h3-5,7,9-11,17-18,21,26H,6,8,12-16,19H2,1-2H3. The molecule has 2 aromatic carbocycles. The third-order valence-electron chi connectivity index (χ3n) is 8.13. The van der Waals surface area contributed by atoms with E-state index < -0.39 is 11.9 Å². The topological polar surface area (TPSA) is 58.4 Å². The van der Waals surface area contributed by atoms with Crippen LogP contribution in [0.1, 0.15) is 76.1 Å².